The molecule has 2 aromatic rings. The minimum Gasteiger partial charge on any atom is -0.324 e. The van der Waals surface area contributed by atoms with Gasteiger partial charge < -0.3 is 10.2 Å². The zero-order chi connectivity index (χ0) is 20.8. The highest BCUT2D eigenvalue weighted by molar-refractivity contribution is 8.05. The summed E-state index contributed by atoms with van der Waals surface area (Å²) in [4.78, 5) is 41.2. The zero-order valence-electron chi connectivity index (χ0n) is 16.3. The first-order chi connectivity index (χ1) is 14.6. The van der Waals surface area contributed by atoms with Gasteiger partial charge in [-0.25, -0.2) is 10.4 Å². The average molecular weight is 420 g/mol. The highest BCUT2D eigenvalue weighted by atomic mass is 32.2. The van der Waals surface area contributed by atoms with Crippen LogP contribution in [0.3, 0.4) is 0 Å². The summed E-state index contributed by atoms with van der Waals surface area (Å²) in [5.41, 5.74) is 5.23. The van der Waals surface area contributed by atoms with E-state index >= 15 is 0 Å². The minimum absolute atomic E-state index is 0.167. The van der Waals surface area contributed by atoms with E-state index in [1.165, 1.54) is 16.8 Å². The summed E-state index contributed by atoms with van der Waals surface area (Å²) >= 11 is 1.20. The van der Waals surface area contributed by atoms with E-state index in [1.807, 2.05) is 61.5 Å². The van der Waals surface area contributed by atoms with Gasteiger partial charge in [0.15, 0.2) is 5.50 Å². The third kappa shape index (κ3) is 2.83. The predicted octanol–water partition coefficient (Wildman–Crippen LogP) is 2.39. The molecule has 2 saturated heterocycles. The van der Waals surface area contributed by atoms with E-state index in [4.69, 9.17) is 0 Å². The summed E-state index contributed by atoms with van der Waals surface area (Å²) in [5, 5.41) is 4.31. The number of anilines is 1. The van der Waals surface area contributed by atoms with Gasteiger partial charge in [-0.05, 0) is 18.1 Å². The number of amides is 3. The molecule has 30 heavy (non-hydrogen) atoms. The van der Waals surface area contributed by atoms with Crippen molar-refractivity contribution in [1.82, 2.24) is 15.8 Å². The number of hydrogen-bond donors (Lipinski definition) is 2. The molecule has 2 aromatic carbocycles. The second-order valence-electron chi connectivity index (χ2n) is 7.30. The number of nitrogens with one attached hydrogen (secondary N) is 2. The first-order valence-electron chi connectivity index (χ1n) is 9.87. The van der Waals surface area contributed by atoms with Crippen LogP contribution in [0.2, 0.25) is 0 Å². The van der Waals surface area contributed by atoms with Gasteiger partial charge in [-0.3, -0.25) is 14.4 Å². The Balaban J connectivity index is 1.52. The molecule has 2 unspecified atom stereocenters. The van der Waals surface area contributed by atoms with Gasteiger partial charge >= 0.3 is 0 Å². The molecule has 3 aliphatic heterocycles. The third-order valence-electron chi connectivity index (χ3n) is 5.40. The van der Waals surface area contributed by atoms with Crippen LogP contribution in [0.25, 0.3) is 5.57 Å². The molecule has 2 fully saturated rings. The molecule has 0 aliphatic carbocycles. The van der Waals surface area contributed by atoms with Crippen molar-refractivity contribution >= 4 is 40.7 Å². The predicted molar refractivity (Wildman–Crippen MR) is 115 cm³/mol. The van der Waals surface area contributed by atoms with Gasteiger partial charge in [-0.15, -0.1) is 0 Å². The molecule has 0 bridgehead atoms. The summed E-state index contributed by atoms with van der Waals surface area (Å²) in [6.07, 6.45) is 0.814. The Morgan fingerprint density at radius 2 is 1.70 bits per heavy atom. The Bertz CT molecular complexity index is 1080. The smallest absolute Gasteiger partial charge is 0.278 e. The number of rotatable bonds is 3. The zero-order valence-corrected chi connectivity index (χ0v) is 17.1. The van der Waals surface area contributed by atoms with Crippen LogP contribution in [0.1, 0.15) is 30.5 Å². The maximum atomic E-state index is 13.3. The molecule has 3 amide bonds. The quantitative estimate of drug-likeness (QED) is 0.746. The lowest BCUT2D eigenvalue weighted by molar-refractivity contribution is -0.140. The lowest BCUT2D eigenvalue weighted by Crippen LogP contribution is -2.61. The second kappa shape index (κ2) is 7.30. The summed E-state index contributed by atoms with van der Waals surface area (Å²) in [6.45, 7) is 2.60. The van der Waals surface area contributed by atoms with Crippen molar-refractivity contribution in [3.05, 3.63) is 70.6 Å². The largest absolute Gasteiger partial charge is 0.324 e. The standard InChI is InChI=1S/C22H20N4O3S/c1-2-12-25-15-11-7-6-10-14(15)16(20(25)28)18-21(29)26-22(30-18)23-19(27)17(24-26)13-8-4-3-5-9-13/h3-11,17,22,24H,2,12H2,1H3,(H,23,27)/b18-16-. The number of carbonyl (C=O) groups excluding carboxylic acids is 3. The number of nitrogens with zero attached hydrogens (tertiary/aromatic N) is 2. The van der Waals surface area contributed by atoms with E-state index < -0.39 is 11.5 Å². The number of fused-ring (bicyclic) bond motifs is 2. The van der Waals surface area contributed by atoms with E-state index in [1.54, 1.807) is 4.90 Å². The van der Waals surface area contributed by atoms with Crippen molar-refractivity contribution in [2.75, 3.05) is 11.4 Å². The van der Waals surface area contributed by atoms with Crippen molar-refractivity contribution in [2.45, 2.75) is 24.9 Å². The molecule has 0 radical (unpaired) electrons. The summed E-state index contributed by atoms with van der Waals surface area (Å²) in [7, 11) is 0. The molecule has 0 saturated carbocycles. The van der Waals surface area contributed by atoms with Crippen LogP contribution in [0, 0.1) is 0 Å². The van der Waals surface area contributed by atoms with Gasteiger partial charge in [0.1, 0.15) is 6.04 Å². The second-order valence-corrected chi connectivity index (χ2v) is 8.40. The van der Waals surface area contributed by atoms with Crippen LogP contribution >= 0.6 is 11.8 Å². The first-order valence-corrected chi connectivity index (χ1v) is 10.8. The Kier molecular flexibility index (Phi) is 4.60. The molecule has 8 heteroatoms. The fourth-order valence-corrected chi connectivity index (χ4v) is 5.21. The van der Waals surface area contributed by atoms with E-state index in [0.717, 1.165) is 23.2 Å². The number of thioether (sulfide) groups is 1. The molecule has 2 N–H and O–H groups in total. The van der Waals surface area contributed by atoms with E-state index in [9.17, 15) is 14.4 Å². The summed E-state index contributed by atoms with van der Waals surface area (Å²) in [6, 6.07) is 16.1. The molecule has 3 aliphatic rings. The van der Waals surface area contributed by atoms with Gasteiger partial charge in [-0.1, -0.05) is 67.2 Å². The first kappa shape index (κ1) is 18.9. The topological polar surface area (TPSA) is 81.8 Å². The molecule has 152 valence electrons. The highest BCUT2D eigenvalue weighted by Crippen LogP contribution is 2.45. The molecular weight excluding hydrogens is 400 g/mol. The van der Waals surface area contributed by atoms with E-state index in [0.29, 0.717) is 17.0 Å². The monoisotopic (exact) mass is 420 g/mol. The molecule has 0 spiro atoms. The van der Waals surface area contributed by atoms with Crippen LogP contribution in [-0.4, -0.2) is 34.8 Å². The Morgan fingerprint density at radius 1 is 0.967 bits per heavy atom. The molecule has 3 heterocycles. The highest BCUT2D eigenvalue weighted by Gasteiger charge is 2.48. The number of carbonyl (C=O) groups is 3. The fourth-order valence-electron chi connectivity index (χ4n) is 4.04. The van der Waals surface area contributed by atoms with Crippen molar-refractivity contribution in [2.24, 2.45) is 0 Å². The SMILES string of the molecule is CCCN1C(=O)/C(=C2\SC3NC(=O)C(c4ccccc4)NN3C2=O)c2ccccc21. The van der Waals surface area contributed by atoms with Gasteiger partial charge in [0, 0.05) is 12.1 Å². The minimum atomic E-state index is -0.667. The molecule has 2 atom stereocenters. The van der Waals surface area contributed by atoms with Gasteiger partial charge in [0.2, 0.25) is 5.91 Å². The summed E-state index contributed by atoms with van der Waals surface area (Å²) in [5.74, 6) is -0.679. The number of benzene rings is 2. The summed E-state index contributed by atoms with van der Waals surface area (Å²) < 4.78 is 0. The maximum Gasteiger partial charge on any atom is 0.278 e. The normalized spacial score (nSPS) is 25.4. The molecule has 0 aromatic heterocycles. The fraction of sp³-hybridized carbons (Fsp3) is 0.227. The van der Waals surface area contributed by atoms with Crippen molar-refractivity contribution < 1.29 is 14.4 Å². The molecule has 7 nitrogen and oxygen atoms in total. The Hall–Kier alpha value is -3.10. The van der Waals surface area contributed by atoms with Crippen LogP contribution in [0.4, 0.5) is 5.69 Å². The van der Waals surface area contributed by atoms with Gasteiger partial charge in [0.25, 0.3) is 11.8 Å². The van der Waals surface area contributed by atoms with Gasteiger partial charge in [-0.2, -0.15) is 0 Å². The van der Waals surface area contributed by atoms with Gasteiger partial charge in [0.05, 0.1) is 16.2 Å². The van der Waals surface area contributed by atoms with E-state index in [-0.39, 0.29) is 17.7 Å². The molecular formula is C22H20N4O3S. The lowest BCUT2D eigenvalue weighted by Gasteiger charge is -2.35. The number of hydrogen-bond acceptors (Lipinski definition) is 5. The van der Waals surface area contributed by atoms with Crippen molar-refractivity contribution in [3.8, 4) is 0 Å². The maximum absolute atomic E-state index is 13.3. The average Bonchev–Trinajstić information content (AvgIpc) is 3.22. The van der Waals surface area contributed by atoms with Crippen LogP contribution in [-0.2, 0) is 14.4 Å². The van der Waals surface area contributed by atoms with Crippen molar-refractivity contribution in [1.29, 1.82) is 0 Å². The Labute approximate surface area is 178 Å². The van der Waals surface area contributed by atoms with Crippen LogP contribution in [0.5, 0.6) is 0 Å². The van der Waals surface area contributed by atoms with Crippen LogP contribution in [0.15, 0.2) is 59.5 Å². The van der Waals surface area contributed by atoms with Crippen molar-refractivity contribution in [3.63, 3.8) is 0 Å². The third-order valence-corrected chi connectivity index (χ3v) is 6.57. The Morgan fingerprint density at radius 3 is 2.47 bits per heavy atom. The number of para-hydroxylation sites is 1. The lowest BCUT2D eigenvalue weighted by atomic mass is 10.1. The van der Waals surface area contributed by atoms with Crippen LogP contribution < -0.4 is 15.6 Å². The van der Waals surface area contributed by atoms with E-state index in [2.05, 4.69) is 10.7 Å². The molecule has 5 rings (SSSR count). The number of hydrazine groups is 1.